The van der Waals surface area contributed by atoms with Crippen molar-refractivity contribution in [3.8, 4) is 5.75 Å². The molecule has 0 unspecified atom stereocenters. The molecule has 0 atom stereocenters. The maximum Gasteiger partial charge on any atom is 0.191 e. The fourth-order valence-electron chi connectivity index (χ4n) is 3.30. The standard InChI is InChI=1S/C22H27F2N3O2S.HI/c1-3-25-22(27-11-16-4-5-19(23)10-18(16)13-30-2)26-7-6-15-8-20(24)9-17-12-28-14-29-21(15)17;/h4-5,8-10H,3,6-7,11-14H2,1-2H3,(H2,25,26,27);1H. The number of halogens is 3. The summed E-state index contributed by atoms with van der Waals surface area (Å²) < 4.78 is 38.3. The van der Waals surface area contributed by atoms with Crippen LogP contribution in [0.4, 0.5) is 8.78 Å². The second-order valence-electron chi connectivity index (χ2n) is 6.88. The number of guanidine groups is 1. The second kappa shape index (κ2) is 13.1. The SMILES string of the molecule is CCNC(=NCc1ccc(F)cc1CSC)NCCc1cc(F)cc2c1OCOC2.I. The largest absolute Gasteiger partial charge is 0.467 e. The monoisotopic (exact) mass is 563 g/mol. The van der Waals surface area contributed by atoms with Crippen molar-refractivity contribution >= 4 is 41.7 Å². The van der Waals surface area contributed by atoms with Crippen LogP contribution in [0.25, 0.3) is 0 Å². The van der Waals surface area contributed by atoms with Crippen LogP contribution in [0.3, 0.4) is 0 Å². The summed E-state index contributed by atoms with van der Waals surface area (Å²) in [7, 11) is 0. The molecule has 2 aromatic rings. The lowest BCUT2D eigenvalue weighted by atomic mass is 10.1. The summed E-state index contributed by atoms with van der Waals surface area (Å²) in [6.07, 6.45) is 2.57. The Morgan fingerprint density at radius 3 is 2.68 bits per heavy atom. The molecule has 1 heterocycles. The molecule has 2 N–H and O–H groups in total. The van der Waals surface area contributed by atoms with Gasteiger partial charge in [-0.2, -0.15) is 11.8 Å². The number of thioether (sulfide) groups is 1. The van der Waals surface area contributed by atoms with Crippen LogP contribution in [0.5, 0.6) is 5.75 Å². The smallest absolute Gasteiger partial charge is 0.191 e. The second-order valence-corrected chi connectivity index (χ2v) is 7.75. The number of nitrogens with one attached hydrogen (secondary N) is 2. The fraction of sp³-hybridized carbons (Fsp3) is 0.409. The highest BCUT2D eigenvalue weighted by Crippen LogP contribution is 2.29. The summed E-state index contributed by atoms with van der Waals surface area (Å²) in [6, 6.07) is 7.77. The molecule has 0 fully saturated rings. The molecule has 1 aliphatic rings. The Hall–Kier alpha value is -1.59. The number of rotatable bonds is 8. The van der Waals surface area contributed by atoms with E-state index in [9.17, 15) is 8.78 Å². The molecule has 0 spiro atoms. The van der Waals surface area contributed by atoms with Crippen molar-refractivity contribution in [1.29, 1.82) is 0 Å². The van der Waals surface area contributed by atoms with E-state index in [1.807, 2.05) is 13.2 Å². The first-order chi connectivity index (χ1) is 14.6. The molecular formula is C22H28F2IN3O2S. The number of hydrogen-bond donors (Lipinski definition) is 2. The molecule has 31 heavy (non-hydrogen) atoms. The first-order valence-corrected chi connectivity index (χ1v) is 11.3. The van der Waals surface area contributed by atoms with Crippen molar-refractivity contribution in [3.63, 3.8) is 0 Å². The Bertz CT molecular complexity index is 899. The number of nitrogens with zero attached hydrogens (tertiary/aromatic N) is 1. The maximum absolute atomic E-state index is 13.9. The van der Waals surface area contributed by atoms with E-state index in [0.29, 0.717) is 44.4 Å². The summed E-state index contributed by atoms with van der Waals surface area (Å²) >= 11 is 1.65. The van der Waals surface area contributed by atoms with Gasteiger partial charge in [-0.15, -0.1) is 24.0 Å². The van der Waals surface area contributed by atoms with Crippen molar-refractivity contribution in [1.82, 2.24) is 10.6 Å². The lowest BCUT2D eigenvalue weighted by molar-refractivity contribution is -0.0172. The van der Waals surface area contributed by atoms with E-state index in [0.717, 1.165) is 28.0 Å². The molecule has 0 saturated carbocycles. The minimum atomic E-state index is -0.295. The van der Waals surface area contributed by atoms with Gasteiger partial charge in [-0.3, -0.25) is 0 Å². The van der Waals surface area contributed by atoms with Crippen molar-refractivity contribution in [2.75, 3.05) is 26.1 Å². The van der Waals surface area contributed by atoms with E-state index in [1.54, 1.807) is 23.9 Å². The molecule has 9 heteroatoms. The minimum Gasteiger partial charge on any atom is -0.467 e. The molecule has 0 bridgehead atoms. The van der Waals surface area contributed by atoms with Crippen LogP contribution in [0.15, 0.2) is 35.3 Å². The third-order valence-corrected chi connectivity index (χ3v) is 5.26. The Balaban J connectivity index is 0.00000341. The van der Waals surface area contributed by atoms with Gasteiger partial charge in [-0.1, -0.05) is 6.07 Å². The van der Waals surface area contributed by atoms with Gasteiger partial charge in [0.1, 0.15) is 17.4 Å². The van der Waals surface area contributed by atoms with E-state index in [4.69, 9.17) is 9.47 Å². The Kier molecular flexibility index (Phi) is 10.8. The molecule has 0 aromatic heterocycles. The molecule has 0 radical (unpaired) electrons. The molecule has 1 aliphatic heterocycles. The quantitative estimate of drug-likeness (QED) is 0.279. The maximum atomic E-state index is 13.9. The lowest BCUT2D eigenvalue weighted by Crippen LogP contribution is -2.38. The lowest BCUT2D eigenvalue weighted by Gasteiger charge is -2.21. The Morgan fingerprint density at radius 1 is 1.10 bits per heavy atom. The molecule has 0 saturated heterocycles. The van der Waals surface area contributed by atoms with Crippen molar-refractivity contribution in [2.45, 2.75) is 32.2 Å². The Morgan fingerprint density at radius 2 is 1.90 bits per heavy atom. The third-order valence-electron chi connectivity index (χ3n) is 4.66. The molecule has 3 rings (SSSR count). The van der Waals surface area contributed by atoms with Gasteiger partial charge < -0.3 is 20.1 Å². The predicted molar refractivity (Wildman–Crippen MR) is 132 cm³/mol. The van der Waals surface area contributed by atoms with Crippen LogP contribution in [0.1, 0.15) is 29.2 Å². The number of aliphatic imine (C=N–C) groups is 1. The van der Waals surface area contributed by atoms with Gasteiger partial charge in [-0.25, -0.2) is 13.8 Å². The summed E-state index contributed by atoms with van der Waals surface area (Å²) in [5.41, 5.74) is 3.48. The highest BCUT2D eigenvalue weighted by molar-refractivity contribution is 14.0. The number of benzene rings is 2. The highest BCUT2D eigenvalue weighted by Gasteiger charge is 2.16. The van der Waals surface area contributed by atoms with Gasteiger partial charge in [0.25, 0.3) is 0 Å². The van der Waals surface area contributed by atoms with E-state index in [1.165, 1.54) is 18.2 Å². The van der Waals surface area contributed by atoms with Crippen LogP contribution >= 0.6 is 35.7 Å². The van der Waals surface area contributed by atoms with Gasteiger partial charge >= 0.3 is 0 Å². The number of fused-ring (bicyclic) bond motifs is 1. The van der Waals surface area contributed by atoms with Crippen LogP contribution in [-0.4, -0.2) is 32.1 Å². The Labute approximate surface area is 203 Å². The first-order valence-electron chi connectivity index (χ1n) is 9.91. The van der Waals surface area contributed by atoms with Crippen molar-refractivity contribution < 1.29 is 18.3 Å². The zero-order chi connectivity index (χ0) is 21.3. The summed E-state index contributed by atoms with van der Waals surface area (Å²) in [6.45, 7) is 4.25. The molecule has 0 aliphatic carbocycles. The number of hydrogen-bond acceptors (Lipinski definition) is 4. The molecule has 5 nitrogen and oxygen atoms in total. The predicted octanol–water partition coefficient (Wildman–Crippen LogP) is 4.61. The average molecular weight is 563 g/mol. The van der Waals surface area contributed by atoms with E-state index in [-0.39, 0.29) is 42.4 Å². The van der Waals surface area contributed by atoms with Crippen LogP contribution in [-0.2, 0) is 30.1 Å². The van der Waals surface area contributed by atoms with Crippen LogP contribution < -0.4 is 15.4 Å². The molecule has 2 aromatic carbocycles. The van der Waals surface area contributed by atoms with Gasteiger partial charge in [0.05, 0.1) is 13.2 Å². The third kappa shape index (κ3) is 7.50. The van der Waals surface area contributed by atoms with Crippen LogP contribution in [0.2, 0.25) is 0 Å². The molecule has 170 valence electrons. The normalized spacial score (nSPS) is 13.1. The summed E-state index contributed by atoms with van der Waals surface area (Å²) in [5.74, 6) is 1.57. The topological polar surface area (TPSA) is 54.9 Å². The van der Waals surface area contributed by atoms with Gasteiger partial charge in [-0.05, 0) is 60.6 Å². The highest BCUT2D eigenvalue weighted by atomic mass is 127. The van der Waals surface area contributed by atoms with Crippen molar-refractivity contribution in [2.24, 2.45) is 4.99 Å². The molecular weight excluding hydrogens is 535 g/mol. The average Bonchev–Trinajstić information content (AvgIpc) is 2.73. The fourth-order valence-corrected chi connectivity index (χ4v) is 3.88. The number of ether oxygens (including phenoxy) is 2. The van der Waals surface area contributed by atoms with Crippen molar-refractivity contribution in [3.05, 3.63) is 64.2 Å². The molecule has 0 amide bonds. The van der Waals surface area contributed by atoms with E-state index in [2.05, 4.69) is 15.6 Å². The van der Waals surface area contributed by atoms with Gasteiger partial charge in [0.2, 0.25) is 0 Å². The summed E-state index contributed by atoms with van der Waals surface area (Å²) in [4.78, 5) is 4.63. The van der Waals surface area contributed by atoms with Gasteiger partial charge in [0.15, 0.2) is 12.8 Å². The first kappa shape index (κ1) is 25.7. The summed E-state index contributed by atoms with van der Waals surface area (Å²) in [5, 5.41) is 6.49. The minimum absolute atomic E-state index is 0. The zero-order valence-electron chi connectivity index (χ0n) is 17.7. The van der Waals surface area contributed by atoms with E-state index >= 15 is 0 Å². The van der Waals surface area contributed by atoms with Gasteiger partial charge in [0, 0.05) is 24.4 Å². The van der Waals surface area contributed by atoms with Crippen LogP contribution in [0, 0.1) is 11.6 Å². The zero-order valence-corrected chi connectivity index (χ0v) is 20.8. The van der Waals surface area contributed by atoms with E-state index < -0.39 is 0 Å².